The fourth-order valence-corrected chi connectivity index (χ4v) is 3.80. The lowest BCUT2D eigenvalue weighted by Crippen LogP contribution is -2.17. The van der Waals surface area contributed by atoms with Crippen molar-refractivity contribution in [2.75, 3.05) is 4.72 Å². The molecule has 0 bridgehead atoms. The van der Waals surface area contributed by atoms with Gasteiger partial charge in [0.1, 0.15) is 4.90 Å². The van der Waals surface area contributed by atoms with Gasteiger partial charge in [0.15, 0.2) is 0 Å². The minimum Gasteiger partial charge on any atom is -0.386 e. The zero-order chi connectivity index (χ0) is 19.6. The van der Waals surface area contributed by atoms with Gasteiger partial charge < -0.3 is 5.11 Å². The van der Waals surface area contributed by atoms with Crippen molar-refractivity contribution in [3.05, 3.63) is 65.1 Å². The van der Waals surface area contributed by atoms with Crippen LogP contribution in [0.1, 0.15) is 25.0 Å². The molecule has 0 aliphatic carbocycles. The Morgan fingerprint density at radius 3 is 2.12 bits per heavy atom. The molecule has 0 heterocycles. The molecule has 0 fully saturated rings. The molecule has 2 rings (SSSR count). The van der Waals surface area contributed by atoms with Crippen molar-refractivity contribution in [1.82, 2.24) is 0 Å². The van der Waals surface area contributed by atoms with Crippen LogP contribution in [0, 0.1) is 0 Å². The van der Waals surface area contributed by atoms with Crippen LogP contribution >= 0.6 is 0 Å². The topological polar surface area (TPSA) is 127 Å². The van der Waals surface area contributed by atoms with Crippen LogP contribution in [0.3, 0.4) is 0 Å². The second-order valence-electron chi connectivity index (χ2n) is 6.17. The van der Waals surface area contributed by atoms with E-state index in [0.29, 0.717) is 11.1 Å². The first kappa shape index (κ1) is 20.1. The van der Waals surface area contributed by atoms with Crippen LogP contribution < -0.4 is 9.86 Å². The molecule has 0 saturated heterocycles. The third kappa shape index (κ3) is 5.40. The van der Waals surface area contributed by atoms with Gasteiger partial charge in [0, 0.05) is 0 Å². The summed E-state index contributed by atoms with van der Waals surface area (Å²) >= 11 is 0. The first-order chi connectivity index (χ1) is 11.9. The number of hydrogen-bond acceptors (Lipinski definition) is 5. The number of hydrogen-bond donors (Lipinski definition) is 3. The van der Waals surface area contributed by atoms with E-state index in [1.165, 1.54) is 30.3 Å². The van der Waals surface area contributed by atoms with Crippen molar-refractivity contribution in [1.29, 1.82) is 0 Å². The minimum absolute atomic E-state index is 0.128. The Balaban J connectivity index is 2.24. The highest BCUT2D eigenvalue weighted by molar-refractivity contribution is 7.95. The van der Waals surface area contributed by atoms with Crippen LogP contribution in [0.2, 0.25) is 0 Å². The second kappa shape index (κ2) is 7.20. The number of anilines is 1. The van der Waals surface area contributed by atoms with Crippen molar-refractivity contribution in [3.8, 4) is 0 Å². The van der Waals surface area contributed by atoms with Crippen molar-refractivity contribution in [2.24, 2.45) is 5.14 Å². The van der Waals surface area contributed by atoms with Gasteiger partial charge in [-0.1, -0.05) is 36.4 Å². The summed E-state index contributed by atoms with van der Waals surface area (Å²) in [5, 5.41) is 15.9. The SMILES string of the molecule is CC(C)(O)c1ccc(/C=C/S(=O)(=O)Nc2ccccc2S(N)(=O)=O)cc1. The molecule has 0 atom stereocenters. The molecular weight excluding hydrogens is 376 g/mol. The van der Waals surface area contributed by atoms with E-state index in [4.69, 9.17) is 5.14 Å². The van der Waals surface area contributed by atoms with E-state index >= 15 is 0 Å². The molecule has 140 valence electrons. The molecule has 0 radical (unpaired) electrons. The number of para-hydroxylation sites is 1. The van der Waals surface area contributed by atoms with E-state index in [0.717, 1.165) is 5.41 Å². The van der Waals surface area contributed by atoms with Crippen LogP contribution in [0.4, 0.5) is 5.69 Å². The number of nitrogens with two attached hydrogens (primary N) is 1. The largest absolute Gasteiger partial charge is 0.386 e. The maximum absolute atomic E-state index is 12.2. The number of aliphatic hydroxyl groups is 1. The van der Waals surface area contributed by atoms with Gasteiger partial charge in [-0.3, -0.25) is 4.72 Å². The molecule has 2 aromatic rings. The molecule has 7 nitrogen and oxygen atoms in total. The normalized spacial score (nSPS) is 13.1. The van der Waals surface area contributed by atoms with Gasteiger partial charge >= 0.3 is 0 Å². The molecule has 0 aliphatic rings. The zero-order valence-corrected chi connectivity index (χ0v) is 15.9. The summed E-state index contributed by atoms with van der Waals surface area (Å²) in [4.78, 5) is -0.313. The first-order valence-electron chi connectivity index (χ1n) is 7.54. The highest BCUT2D eigenvalue weighted by Crippen LogP contribution is 2.22. The smallest absolute Gasteiger partial charge is 0.255 e. The molecule has 0 unspecified atom stereocenters. The first-order valence-corrected chi connectivity index (χ1v) is 10.6. The average molecular weight is 396 g/mol. The summed E-state index contributed by atoms with van der Waals surface area (Å²) in [7, 11) is -8.02. The number of primary sulfonamides is 1. The Bertz CT molecular complexity index is 1020. The van der Waals surface area contributed by atoms with Crippen molar-refractivity contribution >= 4 is 31.8 Å². The van der Waals surface area contributed by atoms with Gasteiger partial charge in [-0.05, 0) is 43.2 Å². The Morgan fingerprint density at radius 1 is 1.00 bits per heavy atom. The summed E-state index contributed by atoms with van der Waals surface area (Å²) in [6.45, 7) is 3.30. The van der Waals surface area contributed by atoms with Gasteiger partial charge in [0.2, 0.25) is 10.0 Å². The molecule has 0 spiro atoms. The van der Waals surface area contributed by atoms with E-state index in [-0.39, 0.29) is 10.6 Å². The summed E-state index contributed by atoms with van der Waals surface area (Å²) < 4.78 is 49.7. The predicted octanol–water partition coefficient (Wildman–Crippen LogP) is 1.97. The van der Waals surface area contributed by atoms with Crippen LogP contribution in [-0.4, -0.2) is 21.9 Å². The highest BCUT2D eigenvalue weighted by atomic mass is 32.2. The summed E-state index contributed by atoms with van der Waals surface area (Å²) in [6.07, 6.45) is 1.36. The molecule has 0 aliphatic heterocycles. The molecular formula is C17H20N2O5S2. The lowest BCUT2D eigenvalue weighted by molar-refractivity contribution is 0.0786. The fourth-order valence-electron chi connectivity index (χ4n) is 2.16. The van der Waals surface area contributed by atoms with Crippen LogP contribution in [0.25, 0.3) is 6.08 Å². The molecule has 0 amide bonds. The average Bonchev–Trinajstić information content (AvgIpc) is 2.52. The Labute approximate surface area is 153 Å². The molecule has 0 saturated carbocycles. The minimum atomic E-state index is -4.07. The molecule has 26 heavy (non-hydrogen) atoms. The number of sulfonamides is 2. The fraction of sp³-hybridized carbons (Fsp3) is 0.176. The Kier molecular flexibility index (Phi) is 5.57. The predicted molar refractivity (Wildman–Crippen MR) is 101 cm³/mol. The van der Waals surface area contributed by atoms with Gasteiger partial charge in [-0.2, -0.15) is 0 Å². The third-order valence-electron chi connectivity index (χ3n) is 3.50. The van der Waals surface area contributed by atoms with E-state index in [1.807, 2.05) is 0 Å². The van der Waals surface area contributed by atoms with E-state index in [9.17, 15) is 21.9 Å². The van der Waals surface area contributed by atoms with Crippen molar-refractivity contribution < 1.29 is 21.9 Å². The van der Waals surface area contributed by atoms with Gasteiger partial charge in [0.25, 0.3) is 10.0 Å². The zero-order valence-electron chi connectivity index (χ0n) is 14.2. The van der Waals surface area contributed by atoms with E-state index in [2.05, 4.69) is 4.72 Å². The van der Waals surface area contributed by atoms with Crippen LogP contribution in [0.15, 0.2) is 58.8 Å². The lowest BCUT2D eigenvalue weighted by Gasteiger charge is -2.17. The van der Waals surface area contributed by atoms with Crippen LogP contribution in [-0.2, 0) is 25.6 Å². The van der Waals surface area contributed by atoms with Gasteiger partial charge in [0.05, 0.1) is 16.7 Å². The highest BCUT2D eigenvalue weighted by Gasteiger charge is 2.17. The second-order valence-corrected chi connectivity index (χ2v) is 9.27. The van der Waals surface area contributed by atoms with E-state index < -0.39 is 25.6 Å². The lowest BCUT2D eigenvalue weighted by atomic mass is 9.97. The summed E-state index contributed by atoms with van der Waals surface area (Å²) in [6, 6.07) is 12.2. The number of rotatable bonds is 6. The number of benzene rings is 2. The van der Waals surface area contributed by atoms with Gasteiger partial charge in [-0.25, -0.2) is 22.0 Å². The van der Waals surface area contributed by atoms with E-state index in [1.54, 1.807) is 38.1 Å². The Morgan fingerprint density at radius 2 is 1.58 bits per heavy atom. The summed E-state index contributed by atoms with van der Waals surface area (Å²) in [5.41, 5.74) is 0.172. The van der Waals surface area contributed by atoms with Crippen LogP contribution in [0.5, 0.6) is 0 Å². The summed E-state index contributed by atoms with van der Waals surface area (Å²) in [5.74, 6) is 0. The van der Waals surface area contributed by atoms with Crippen molar-refractivity contribution in [3.63, 3.8) is 0 Å². The maximum Gasteiger partial charge on any atom is 0.255 e. The maximum atomic E-state index is 12.2. The molecule has 9 heteroatoms. The van der Waals surface area contributed by atoms with Crippen molar-refractivity contribution in [2.45, 2.75) is 24.3 Å². The monoisotopic (exact) mass is 396 g/mol. The Hall–Kier alpha value is -2.20. The standard InChI is InChI=1S/C17H20N2O5S2/c1-17(2,20)14-9-7-13(8-10-14)11-12-25(21,22)19-15-5-3-4-6-16(15)26(18,23)24/h3-12,19-20H,1-2H3,(H2,18,23,24)/b12-11+. The van der Waals surface area contributed by atoms with Gasteiger partial charge in [-0.15, -0.1) is 0 Å². The number of nitrogens with one attached hydrogen (secondary N) is 1. The quantitative estimate of drug-likeness (QED) is 0.688. The molecule has 2 aromatic carbocycles. The molecule has 4 N–H and O–H groups in total. The third-order valence-corrected chi connectivity index (χ3v) is 5.47. The molecule has 0 aromatic heterocycles.